The summed E-state index contributed by atoms with van der Waals surface area (Å²) in [6.45, 7) is 0. The number of imidazole rings is 1. The second kappa shape index (κ2) is 4.69. The Morgan fingerprint density at radius 2 is 2.21 bits per heavy atom. The van der Waals surface area contributed by atoms with Gasteiger partial charge in [0.15, 0.2) is 5.65 Å². The van der Waals surface area contributed by atoms with E-state index in [2.05, 4.69) is 46.8 Å². The molecule has 0 spiro atoms. The lowest BCUT2D eigenvalue weighted by atomic mass is 10.2. The monoisotopic (exact) mass is 401 g/mol. The van der Waals surface area contributed by atoms with Crippen LogP contribution in [0.4, 0.5) is 0 Å². The number of hydrogen-bond acceptors (Lipinski definition) is 4. The summed E-state index contributed by atoms with van der Waals surface area (Å²) in [6, 6.07) is 3.36. The molecule has 0 amide bonds. The number of pyridine rings is 1. The molecule has 0 aromatic carbocycles. The highest BCUT2D eigenvalue weighted by Crippen LogP contribution is 2.37. The van der Waals surface area contributed by atoms with E-state index in [-0.39, 0.29) is 5.56 Å². The van der Waals surface area contributed by atoms with Gasteiger partial charge in [-0.25, -0.2) is 14.8 Å². The number of carboxylic acids is 1. The predicted octanol–water partition coefficient (Wildman–Crippen LogP) is 3.91. The maximum atomic E-state index is 11.1. The Balaban J connectivity index is 2.25. The summed E-state index contributed by atoms with van der Waals surface area (Å²) in [4.78, 5) is 22.6. The third-order valence-electron chi connectivity index (χ3n) is 2.53. The first kappa shape index (κ1) is 12.8. The van der Waals surface area contributed by atoms with Gasteiger partial charge in [0.05, 0.1) is 18.7 Å². The summed E-state index contributed by atoms with van der Waals surface area (Å²) in [5, 5.41) is 9.13. The van der Waals surface area contributed by atoms with E-state index in [0.717, 1.165) is 13.1 Å². The molecular weight excluding hydrogens is 398 g/mol. The van der Waals surface area contributed by atoms with Crippen LogP contribution in [0.1, 0.15) is 10.4 Å². The van der Waals surface area contributed by atoms with Gasteiger partial charge in [0, 0.05) is 11.8 Å². The lowest BCUT2D eigenvalue weighted by molar-refractivity contribution is 0.0699. The minimum absolute atomic E-state index is 0.161. The van der Waals surface area contributed by atoms with E-state index in [4.69, 9.17) is 5.11 Å². The molecule has 3 aromatic heterocycles. The summed E-state index contributed by atoms with van der Waals surface area (Å²) < 4.78 is 1.87. The van der Waals surface area contributed by atoms with Gasteiger partial charge in [0.2, 0.25) is 0 Å². The van der Waals surface area contributed by atoms with Gasteiger partial charge in [-0.15, -0.1) is 11.3 Å². The first-order valence-corrected chi connectivity index (χ1v) is 7.49. The Labute approximate surface area is 128 Å². The van der Waals surface area contributed by atoms with Crippen molar-refractivity contribution in [2.24, 2.45) is 0 Å². The Kier molecular flexibility index (Phi) is 3.15. The third kappa shape index (κ3) is 2.19. The molecule has 0 radical (unpaired) electrons. The van der Waals surface area contributed by atoms with Gasteiger partial charge in [-0.05, 0) is 44.0 Å². The zero-order chi connectivity index (χ0) is 13.6. The van der Waals surface area contributed by atoms with Crippen LogP contribution < -0.4 is 0 Å². The fourth-order valence-electron chi connectivity index (χ4n) is 1.72. The molecule has 0 saturated carbocycles. The number of H-pyrrole nitrogens is 1. The van der Waals surface area contributed by atoms with Crippen molar-refractivity contribution in [1.29, 1.82) is 0 Å². The smallest absolute Gasteiger partial charge is 0.338 e. The quantitative estimate of drug-likeness (QED) is 0.681. The number of aromatic nitrogens is 3. The number of nitrogens with zero attached hydrogens (tertiary/aromatic N) is 2. The second-order valence-corrected chi connectivity index (χ2v) is 7.43. The summed E-state index contributed by atoms with van der Waals surface area (Å²) >= 11 is 8.37. The molecule has 0 fully saturated rings. The van der Waals surface area contributed by atoms with Crippen LogP contribution in [0.25, 0.3) is 22.6 Å². The van der Waals surface area contributed by atoms with Crippen molar-refractivity contribution in [2.75, 3.05) is 0 Å². The van der Waals surface area contributed by atoms with E-state index >= 15 is 0 Å². The van der Waals surface area contributed by atoms with Crippen molar-refractivity contribution in [2.45, 2.75) is 0 Å². The molecule has 0 aliphatic carbocycles. The number of carboxylic acid groups (broad SMARTS) is 1. The fraction of sp³-hybridized carbons (Fsp3) is 0. The van der Waals surface area contributed by atoms with E-state index in [1.807, 2.05) is 6.07 Å². The van der Waals surface area contributed by atoms with Gasteiger partial charge in [-0.1, -0.05) is 0 Å². The Hall–Kier alpha value is -1.25. The molecule has 0 unspecified atom stereocenters. The van der Waals surface area contributed by atoms with Gasteiger partial charge in [0.25, 0.3) is 0 Å². The molecule has 19 heavy (non-hydrogen) atoms. The van der Waals surface area contributed by atoms with Crippen molar-refractivity contribution in [3.05, 3.63) is 31.5 Å². The van der Waals surface area contributed by atoms with Crippen molar-refractivity contribution in [3.8, 4) is 11.4 Å². The molecule has 2 N–H and O–H groups in total. The topological polar surface area (TPSA) is 78.9 Å². The van der Waals surface area contributed by atoms with Gasteiger partial charge >= 0.3 is 5.97 Å². The van der Waals surface area contributed by atoms with Crippen molar-refractivity contribution in [1.82, 2.24) is 15.0 Å². The van der Waals surface area contributed by atoms with Crippen molar-refractivity contribution < 1.29 is 9.90 Å². The fourth-order valence-corrected chi connectivity index (χ4v) is 4.52. The molecule has 0 aliphatic rings. The van der Waals surface area contributed by atoms with Gasteiger partial charge in [0.1, 0.15) is 5.82 Å². The SMILES string of the molecule is O=C(O)c1ccnc2nc(-c3cc(Br)sc3Br)[nH]c12. The summed E-state index contributed by atoms with van der Waals surface area (Å²) in [5.41, 5.74) is 1.85. The third-order valence-corrected chi connectivity index (χ3v) is 4.87. The zero-order valence-electron chi connectivity index (χ0n) is 9.15. The van der Waals surface area contributed by atoms with Crippen molar-refractivity contribution in [3.63, 3.8) is 0 Å². The minimum atomic E-state index is -1.01. The second-order valence-electron chi connectivity index (χ2n) is 3.69. The largest absolute Gasteiger partial charge is 0.478 e. The predicted molar refractivity (Wildman–Crippen MR) is 79.6 cm³/mol. The average Bonchev–Trinajstić information content (AvgIpc) is 2.91. The maximum absolute atomic E-state index is 11.1. The molecule has 0 atom stereocenters. The highest BCUT2D eigenvalue weighted by molar-refractivity contribution is 9.12. The van der Waals surface area contributed by atoms with E-state index < -0.39 is 5.97 Å². The molecule has 0 aliphatic heterocycles. The van der Waals surface area contributed by atoms with E-state index in [1.165, 1.54) is 23.6 Å². The molecule has 96 valence electrons. The van der Waals surface area contributed by atoms with E-state index in [1.54, 1.807) is 0 Å². The first-order valence-electron chi connectivity index (χ1n) is 5.09. The molecule has 0 bridgehead atoms. The number of nitrogens with one attached hydrogen (secondary N) is 1. The summed E-state index contributed by atoms with van der Waals surface area (Å²) in [7, 11) is 0. The van der Waals surface area contributed by atoms with Crippen molar-refractivity contribution >= 4 is 60.3 Å². The zero-order valence-corrected chi connectivity index (χ0v) is 13.1. The number of aromatic amines is 1. The molecule has 3 rings (SSSR count). The lowest BCUT2D eigenvalue weighted by Gasteiger charge is -1.94. The molecule has 5 nitrogen and oxygen atoms in total. The van der Waals surface area contributed by atoms with Crippen LogP contribution in [-0.4, -0.2) is 26.0 Å². The van der Waals surface area contributed by atoms with Crippen LogP contribution in [0.5, 0.6) is 0 Å². The van der Waals surface area contributed by atoms with Crippen LogP contribution in [-0.2, 0) is 0 Å². The summed E-state index contributed by atoms with van der Waals surface area (Å²) in [5.74, 6) is -0.418. The lowest BCUT2D eigenvalue weighted by Crippen LogP contribution is -1.97. The number of hydrogen-bond donors (Lipinski definition) is 2. The molecular formula is C11H5Br2N3O2S. The molecule has 3 heterocycles. The number of rotatable bonds is 2. The first-order chi connectivity index (χ1) is 9.06. The molecule has 0 saturated heterocycles. The number of fused-ring (bicyclic) bond motifs is 1. The average molecular weight is 403 g/mol. The number of carbonyl (C=O) groups is 1. The number of halogens is 2. The Morgan fingerprint density at radius 3 is 2.84 bits per heavy atom. The number of thiophene rings is 1. The standard InChI is InChI=1S/C11H5Br2N3O2S/c12-6-3-5(8(13)19-6)9-15-7-4(11(17)18)1-2-14-10(7)16-9/h1-3H,(H,17,18)(H,14,15,16). The highest BCUT2D eigenvalue weighted by atomic mass is 79.9. The number of aromatic carboxylic acids is 1. The van der Waals surface area contributed by atoms with Crippen LogP contribution >= 0.6 is 43.2 Å². The van der Waals surface area contributed by atoms with Gasteiger partial charge in [-0.3, -0.25) is 0 Å². The highest BCUT2D eigenvalue weighted by Gasteiger charge is 2.16. The van der Waals surface area contributed by atoms with Gasteiger partial charge in [-0.2, -0.15) is 0 Å². The van der Waals surface area contributed by atoms with Crippen LogP contribution in [0, 0.1) is 0 Å². The Bertz CT molecular complexity index is 796. The Morgan fingerprint density at radius 1 is 1.42 bits per heavy atom. The minimum Gasteiger partial charge on any atom is -0.478 e. The summed E-state index contributed by atoms with van der Waals surface area (Å²) in [6.07, 6.45) is 1.44. The van der Waals surface area contributed by atoms with Crippen LogP contribution in [0.3, 0.4) is 0 Å². The van der Waals surface area contributed by atoms with E-state index in [9.17, 15) is 4.79 Å². The van der Waals surface area contributed by atoms with E-state index in [0.29, 0.717) is 17.0 Å². The van der Waals surface area contributed by atoms with Gasteiger partial charge < -0.3 is 10.1 Å². The molecule has 8 heteroatoms. The normalized spacial score (nSPS) is 11.1. The molecule has 3 aromatic rings. The van der Waals surface area contributed by atoms with Crippen LogP contribution in [0.15, 0.2) is 25.9 Å². The maximum Gasteiger partial charge on any atom is 0.338 e. The van der Waals surface area contributed by atoms with Crippen LogP contribution in [0.2, 0.25) is 0 Å².